The fraction of sp³-hybridized carbons (Fsp3) is 0.375. The molecule has 110 valence electrons. The molecule has 1 aliphatic heterocycles. The first-order valence-electron chi connectivity index (χ1n) is 7.31. The number of rotatable bonds is 4. The number of carbonyl (C=O) groups excluding carboxylic acids is 1. The Labute approximate surface area is 124 Å². The molecule has 0 spiro atoms. The molecule has 0 fully saturated rings. The van der Waals surface area contributed by atoms with Crippen LogP contribution in [-0.2, 0) is 17.8 Å². The third kappa shape index (κ3) is 2.51. The monoisotopic (exact) mass is 284 g/mol. The number of nitrogen functional groups attached to an aromatic ring is 1. The maximum Gasteiger partial charge on any atom is 0.231 e. The van der Waals surface area contributed by atoms with Crippen LogP contribution in [0.25, 0.3) is 0 Å². The van der Waals surface area contributed by atoms with Crippen LogP contribution < -0.4 is 10.6 Å². The normalized spacial score (nSPS) is 15.3. The van der Waals surface area contributed by atoms with Crippen molar-refractivity contribution in [2.75, 3.05) is 10.6 Å². The molecular formula is C16H20N4O. The lowest BCUT2D eigenvalue weighted by atomic mass is 10.1. The summed E-state index contributed by atoms with van der Waals surface area (Å²) >= 11 is 0. The van der Waals surface area contributed by atoms with Crippen LogP contribution in [0, 0.1) is 0 Å². The van der Waals surface area contributed by atoms with Crippen molar-refractivity contribution in [3.63, 3.8) is 0 Å². The van der Waals surface area contributed by atoms with Gasteiger partial charge in [0.2, 0.25) is 5.91 Å². The van der Waals surface area contributed by atoms with Crippen LogP contribution in [0.5, 0.6) is 0 Å². The first-order valence-corrected chi connectivity index (χ1v) is 7.31. The van der Waals surface area contributed by atoms with Crippen LogP contribution >= 0.6 is 0 Å². The Bertz CT molecular complexity index is 677. The molecule has 1 amide bonds. The van der Waals surface area contributed by atoms with Crippen molar-refractivity contribution in [1.29, 1.82) is 0 Å². The number of benzene rings is 1. The van der Waals surface area contributed by atoms with Gasteiger partial charge in [0, 0.05) is 23.6 Å². The first-order chi connectivity index (χ1) is 10.1. The topological polar surface area (TPSA) is 64.2 Å². The van der Waals surface area contributed by atoms with Gasteiger partial charge in [-0.2, -0.15) is 5.10 Å². The third-order valence-corrected chi connectivity index (χ3v) is 4.06. The van der Waals surface area contributed by atoms with Crippen LogP contribution in [-0.4, -0.2) is 15.7 Å². The summed E-state index contributed by atoms with van der Waals surface area (Å²) in [6, 6.07) is 7.99. The van der Waals surface area contributed by atoms with Crippen LogP contribution in [0.3, 0.4) is 0 Å². The Morgan fingerprint density at radius 1 is 1.38 bits per heavy atom. The van der Waals surface area contributed by atoms with E-state index in [0.717, 1.165) is 23.4 Å². The van der Waals surface area contributed by atoms with Crippen molar-refractivity contribution < 1.29 is 4.79 Å². The average Bonchev–Trinajstić information content (AvgIpc) is 3.04. The smallest absolute Gasteiger partial charge is 0.231 e. The predicted molar refractivity (Wildman–Crippen MR) is 83.0 cm³/mol. The lowest BCUT2D eigenvalue weighted by Gasteiger charge is -2.16. The number of hydrogen-bond donors (Lipinski definition) is 1. The molecular weight excluding hydrogens is 264 g/mol. The summed E-state index contributed by atoms with van der Waals surface area (Å²) in [5.74, 6) is 0.105. The summed E-state index contributed by atoms with van der Waals surface area (Å²) in [5, 5.41) is 4.57. The van der Waals surface area contributed by atoms with Crippen molar-refractivity contribution >= 4 is 17.3 Å². The Morgan fingerprint density at radius 2 is 2.19 bits per heavy atom. The number of anilines is 2. The quantitative estimate of drug-likeness (QED) is 0.877. The molecule has 3 rings (SSSR count). The molecule has 5 nitrogen and oxygen atoms in total. The number of fused-ring (bicyclic) bond motifs is 1. The molecule has 1 atom stereocenters. The molecule has 0 saturated heterocycles. The summed E-state index contributed by atoms with van der Waals surface area (Å²) in [5.41, 5.74) is 9.34. The van der Waals surface area contributed by atoms with Crippen LogP contribution in [0.15, 0.2) is 30.5 Å². The molecule has 0 aliphatic carbocycles. The summed E-state index contributed by atoms with van der Waals surface area (Å²) in [7, 11) is 0. The number of amides is 1. The summed E-state index contributed by atoms with van der Waals surface area (Å²) < 4.78 is 1.96. The molecule has 5 heteroatoms. The van der Waals surface area contributed by atoms with E-state index in [-0.39, 0.29) is 5.91 Å². The van der Waals surface area contributed by atoms with Gasteiger partial charge in [-0.25, -0.2) is 0 Å². The van der Waals surface area contributed by atoms with Crippen molar-refractivity contribution in [3.8, 4) is 0 Å². The Balaban J connectivity index is 1.82. The van der Waals surface area contributed by atoms with E-state index in [9.17, 15) is 4.79 Å². The van der Waals surface area contributed by atoms with E-state index in [0.29, 0.717) is 24.7 Å². The van der Waals surface area contributed by atoms with Gasteiger partial charge in [-0.05, 0) is 43.2 Å². The second-order valence-electron chi connectivity index (χ2n) is 5.59. The lowest BCUT2D eigenvalue weighted by Crippen LogP contribution is -2.26. The van der Waals surface area contributed by atoms with Gasteiger partial charge in [-0.1, -0.05) is 6.92 Å². The van der Waals surface area contributed by atoms with Crippen molar-refractivity contribution in [2.45, 2.75) is 39.3 Å². The number of nitrogens with two attached hydrogens (primary N) is 1. The second kappa shape index (κ2) is 5.24. The SMILES string of the molecule is CCC(C)n1ccc(CN2C(=O)Cc3cc(N)ccc32)n1. The fourth-order valence-corrected chi connectivity index (χ4v) is 2.63. The summed E-state index contributed by atoms with van der Waals surface area (Å²) in [4.78, 5) is 14.0. The largest absolute Gasteiger partial charge is 0.399 e. The lowest BCUT2D eigenvalue weighted by molar-refractivity contribution is -0.117. The fourth-order valence-electron chi connectivity index (χ4n) is 2.63. The predicted octanol–water partition coefficient (Wildman–Crippen LogP) is 2.53. The summed E-state index contributed by atoms with van der Waals surface area (Å²) in [6.07, 6.45) is 3.44. The molecule has 1 aromatic heterocycles. The molecule has 1 unspecified atom stereocenters. The number of nitrogens with zero attached hydrogens (tertiary/aromatic N) is 3. The van der Waals surface area contributed by atoms with Gasteiger partial charge in [0.25, 0.3) is 0 Å². The molecule has 0 bridgehead atoms. The van der Waals surface area contributed by atoms with E-state index < -0.39 is 0 Å². The number of aromatic nitrogens is 2. The Morgan fingerprint density at radius 3 is 2.95 bits per heavy atom. The highest BCUT2D eigenvalue weighted by molar-refractivity contribution is 6.01. The zero-order valence-electron chi connectivity index (χ0n) is 12.4. The molecule has 21 heavy (non-hydrogen) atoms. The molecule has 1 aliphatic rings. The van der Waals surface area contributed by atoms with Crippen molar-refractivity contribution in [1.82, 2.24) is 9.78 Å². The van der Waals surface area contributed by atoms with Gasteiger partial charge in [0.05, 0.1) is 18.7 Å². The minimum atomic E-state index is 0.105. The van der Waals surface area contributed by atoms with E-state index in [1.54, 1.807) is 4.90 Å². The zero-order chi connectivity index (χ0) is 15.0. The van der Waals surface area contributed by atoms with Gasteiger partial charge in [0.15, 0.2) is 0 Å². The molecule has 1 aromatic carbocycles. The van der Waals surface area contributed by atoms with E-state index in [1.807, 2.05) is 35.1 Å². The van der Waals surface area contributed by atoms with E-state index in [1.165, 1.54) is 0 Å². The Hall–Kier alpha value is -2.30. The Kier molecular flexibility index (Phi) is 3.41. The van der Waals surface area contributed by atoms with Gasteiger partial charge in [-0.3, -0.25) is 9.48 Å². The number of hydrogen-bond acceptors (Lipinski definition) is 3. The molecule has 0 saturated carbocycles. The molecule has 2 heterocycles. The van der Waals surface area contributed by atoms with E-state index in [2.05, 4.69) is 18.9 Å². The highest BCUT2D eigenvalue weighted by atomic mass is 16.2. The second-order valence-corrected chi connectivity index (χ2v) is 5.59. The third-order valence-electron chi connectivity index (χ3n) is 4.06. The average molecular weight is 284 g/mol. The van der Waals surface area contributed by atoms with Crippen molar-refractivity contribution in [2.24, 2.45) is 0 Å². The minimum absolute atomic E-state index is 0.105. The van der Waals surface area contributed by atoms with Crippen LogP contribution in [0.2, 0.25) is 0 Å². The number of carbonyl (C=O) groups is 1. The maximum atomic E-state index is 12.2. The first kappa shape index (κ1) is 13.7. The molecule has 2 aromatic rings. The maximum absolute atomic E-state index is 12.2. The highest BCUT2D eigenvalue weighted by Crippen LogP contribution is 2.31. The molecule has 2 N–H and O–H groups in total. The standard InChI is InChI=1S/C16H20N4O/c1-3-11(2)20-7-6-14(18-20)10-19-15-5-4-13(17)8-12(15)9-16(19)21/h4-8,11H,3,9-10,17H2,1-2H3. The van der Waals surface area contributed by atoms with Gasteiger partial charge < -0.3 is 10.6 Å². The minimum Gasteiger partial charge on any atom is -0.399 e. The van der Waals surface area contributed by atoms with E-state index >= 15 is 0 Å². The van der Waals surface area contributed by atoms with E-state index in [4.69, 9.17) is 5.73 Å². The highest BCUT2D eigenvalue weighted by Gasteiger charge is 2.27. The van der Waals surface area contributed by atoms with Gasteiger partial charge >= 0.3 is 0 Å². The van der Waals surface area contributed by atoms with Crippen molar-refractivity contribution in [3.05, 3.63) is 41.7 Å². The van der Waals surface area contributed by atoms with Crippen LogP contribution in [0.4, 0.5) is 11.4 Å². The van der Waals surface area contributed by atoms with Gasteiger partial charge in [-0.15, -0.1) is 0 Å². The molecule has 0 radical (unpaired) electrons. The van der Waals surface area contributed by atoms with Crippen LogP contribution in [0.1, 0.15) is 37.6 Å². The summed E-state index contributed by atoms with van der Waals surface area (Å²) in [6.45, 7) is 4.78. The van der Waals surface area contributed by atoms with Gasteiger partial charge in [0.1, 0.15) is 0 Å². The zero-order valence-corrected chi connectivity index (χ0v) is 12.4.